The van der Waals surface area contributed by atoms with Crippen molar-refractivity contribution in [2.45, 2.75) is 58.6 Å². The van der Waals surface area contributed by atoms with Gasteiger partial charge in [-0.3, -0.25) is 4.68 Å². The second kappa shape index (κ2) is 6.02. The van der Waals surface area contributed by atoms with E-state index in [4.69, 9.17) is 0 Å². The van der Waals surface area contributed by atoms with E-state index in [0.29, 0.717) is 12.5 Å². The average molecular weight is 286 g/mol. The number of aromatic nitrogens is 2. The number of hydrogen-bond acceptors (Lipinski definition) is 2. The molecule has 21 heavy (non-hydrogen) atoms. The summed E-state index contributed by atoms with van der Waals surface area (Å²) in [4.78, 5) is 0. The molecule has 2 aromatic rings. The van der Waals surface area contributed by atoms with Crippen LogP contribution in [0.15, 0.2) is 36.7 Å². The molecule has 0 bridgehead atoms. The molecule has 1 aromatic heterocycles. The minimum absolute atomic E-state index is 0.162. The Morgan fingerprint density at radius 1 is 1.14 bits per heavy atom. The molecule has 0 fully saturated rings. The van der Waals surface area contributed by atoms with Gasteiger partial charge in [-0.15, -0.1) is 0 Å². The highest BCUT2D eigenvalue weighted by atomic mass is 16.3. The minimum atomic E-state index is -0.502. The summed E-state index contributed by atoms with van der Waals surface area (Å²) in [6.45, 7) is 10.8. The van der Waals surface area contributed by atoms with Gasteiger partial charge in [0.05, 0.1) is 12.3 Å². The van der Waals surface area contributed by atoms with Crippen molar-refractivity contribution in [3.05, 3.63) is 53.3 Å². The molecule has 1 heterocycles. The first kappa shape index (κ1) is 15.8. The van der Waals surface area contributed by atoms with Crippen LogP contribution in [0.2, 0.25) is 0 Å². The van der Waals surface area contributed by atoms with Gasteiger partial charge in [-0.25, -0.2) is 0 Å². The Morgan fingerprint density at radius 3 is 2.24 bits per heavy atom. The van der Waals surface area contributed by atoms with E-state index in [0.717, 1.165) is 11.1 Å². The number of aliphatic hydroxyl groups is 1. The number of aliphatic hydroxyl groups excluding tert-OH is 1. The van der Waals surface area contributed by atoms with Crippen LogP contribution in [-0.2, 0) is 11.8 Å². The van der Waals surface area contributed by atoms with Crippen molar-refractivity contribution in [3.8, 4) is 0 Å². The van der Waals surface area contributed by atoms with Gasteiger partial charge >= 0.3 is 0 Å². The van der Waals surface area contributed by atoms with E-state index in [-0.39, 0.29) is 5.41 Å². The molecule has 0 saturated heterocycles. The van der Waals surface area contributed by atoms with Crippen LogP contribution >= 0.6 is 0 Å². The first-order chi connectivity index (χ1) is 9.77. The van der Waals surface area contributed by atoms with E-state index >= 15 is 0 Å². The number of rotatable bonds is 4. The highest BCUT2D eigenvalue weighted by Gasteiger charge is 2.15. The molecule has 0 amide bonds. The summed E-state index contributed by atoms with van der Waals surface area (Å²) in [6, 6.07) is 8.84. The Hall–Kier alpha value is -1.61. The van der Waals surface area contributed by atoms with Crippen molar-refractivity contribution in [2.24, 2.45) is 0 Å². The predicted molar refractivity (Wildman–Crippen MR) is 86.4 cm³/mol. The van der Waals surface area contributed by atoms with Crippen molar-refractivity contribution in [1.82, 2.24) is 9.78 Å². The average Bonchev–Trinajstić information content (AvgIpc) is 2.88. The quantitative estimate of drug-likeness (QED) is 0.921. The van der Waals surface area contributed by atoms with Crippen molar-refractivity contribution in [3.63, 3.8) is 0 Å². The highest BCUT2D eigenvalue weighted by molar-refractivity contribution is 5.28. The SMILES string of the molecule is CC(C)n1cc(C(O)Cc2ccc(C(C)(C)C)cc2)cn1. The maximum atomic E-state index is 10.3. The Morgan fingerprint density at radius 2 is 1.76 bits per heavy atom. The lowest BCUT2D eigenvalue weighted by Gasteiger charge is -2.19. The summed E-state index contributed by atoms with van der Waals surface area (Å²) in [6.07, 6.45) is 3.80. The summed E-state index contributed by atoms with van der Waals surface area (Å²) < 4.78 is 1.88. The Kier molecular flexibility index (Phi) is 4.52. The molecule has 3 heteroatoms. The zero-order valence-corrected chi connectivity index (χ0v) is 13.7. The van der Waals surface area contributed by atoms with Crippen LogP contribution in [0, 0.1) is 0 Å². The summed E-state index contributed by atoms with van der Waals surface area (Å²) in [7, 11) is 0. The first-order valence-electron chi connectivity index (χ1n) is 7.59. The van der Waals surface area contributed by atoms with Gasteiger partial charge < -0.3 is 5.11 Å². The summed E-state index contributed by atoms with van der Waals surface area (Å²) in [5.74, 6) is 0. The fourth-order valence-electron chi connectivity index (χ4n) is 2.29. The van der Waals surface area contributed by atoms with Crippen LogP contribution in [0.3, 0.4) is 0 Å². The zero-order chi connectivity index (χ0) is 15.6. The molecule has 1 aromatic carbocycles. The number of nitrogens with zero attached hydrogens (tertiary/aromatic N) is 2. The molecular weight excluding hydrogens is 260 g/mol. The van der Waals surface area contributed by atoms with E-state index < -0.39 is 6.10 Å². The van der Waals surface area contributed by atoms with Crippen LogP contribution in [0.25, 0.3) is 0 Å². The van der Waals surface area contributed by atoms with Crippen LogP contribution < -0.4 is 0 Å². The van der Waals surface area contributed by atoms with Gasteiger partial charge in [0, 0.05) is 24.2 Å². The molecule has 3 nitrogen and oxygen atoms in total. The summed E-state index contributed by atoms with van der Waals surface area (Å²) in [5.41, 5.74) is 3.50. The third kappa shape index (κ3) is 3.94. The zero-order valence-electron chi connectivity index (χ0n) is 13.7. The normalized spacial score (nSPS) is 13.7. The van der Waals surface area contributed by atoms with Crippen molar-refractivity contribution >= 4 is 0 Å². The molecule has 0 aliphatic heterocycles. The van der Waals surface area contributed by atoms with E-state index in [1.165, 1.54) is 5.56 Å². The van der Waals surface area contributed by atoms with E-state index in [1.54, 1.807) is 6.20 Å². The van der Waals surface area contributed by atoms with Gasteiger partial charge in [0.2, 0.25) is 0 Å². The molecular formula is C18H26N2O. The Labute approximate surface area is 127 Å². The monoisotopic (exact) mass is 286 g/mol. The predicted octanol–water partition coefficient (Wildman–Crippen LogP) is 4.04. The van der Waals surface area contributed by atoms with Crippen LogP contribution in [-0.4, -0.2) is 14.9 Å². The smallest absolute Gasteiger partial charge is 0.0860 e. The van der Waals surface area contributed by atoms with Crippen molar-refractivity contribution < 1.29 is 5.11 Å². The van der Waals surface area contributed by atoms with Gasteiger partial charge in [-0.2, -0.15) is 5.10 Å². The lowest BCUT2D eigenvalue weighted by atomic mass is 9.86. The van der Waals surface area contributed by atoms with E-state index in [2.05, 4.69) is 64.0 Å². The maximum absolute atomic E-state index is 10.3. The molecule has 0 saturated carbocycles. The topological polar surface area (TPSA) is 38.0 Å². The Balaban J connectivity index is 2.06. The molecule has 0 aliphatic rings. The molecule has 0 spiro atoms. The molecule has 1 atom stereocenters. The van der Waals surface area contributed by atoms with Gasteiger partial charge in [-0.1, -0.05) is 45.0 Å². The van der Waals surface area contributed by atoms with Crippen molar-refractivity contribution in [2.75, 3.05) is 0 Å². The third-order valence-electron chi connectivity index (χ3n) is 3.78. The second-order valence-corrected chi connectivity index (χ2v) is 7.01. The number of benzene rings is 1. The highest BCUT2D eigenvalue weighted by Crippen LogP contribution is 2.24. The van der Waals surface area contributed by atoms with Crippen LogP contribution in [0.5, 0.6) is 0 Å². The summed E-state index contributed by atoms with van der Waals surface area (Å²) in [5, 5.41) is 14.6. The lowest BCUT2D eigenvalue weighted by Crippen LogP contribution is -2.11. The molecule has 0 aliphatic carbocycles. The molecule has 0 radical (unpaired) electrons. The fourth-order valence-corrected chi connectivity index (χ4v) is 2.29. The lowest BCUT2D eigenvalue weighted by molar-refractivity contribution is 0.178. The van der Waals surface area contributed by atoms with Crippen molar-refractivity contribution in [1.29, 1.82) is 0 Å². The van der Waals surface area contributed by atoms with Gasteiger partial charge in [0.1, 0.15) is 0 Å². The van der Waals surface area contributed by atoms with Crippen LogP contribution in [0.4, 0.5) is 0 Å². The molecule has 2 rings (SSSR count). The van der Waals surface area contributed by atoms with E-state index in [9.17, 15) is 5.11 Å². The van der Waals surface area contributed by atoms with Gasteiger partial charge in [0.25, 0.3) is 0 Å². The van der Waals surface area contributed by atoms with Gasteiger partial charge in [-0.05, 0) is 30.4 Å². The fraction of sp³-hybridized carbons (Fsp3) is 0.500. The largest absolute Gasteiger partial charge is 0.388 e. The van der Waals surface area contributed by atoms with E-state index in [1.807, 2.05) is 10.9 Å². The Bertz CT molecular complexity index is 576. The summed E-state index contributed by atoms with van der Waals surface area (Å²) >= 11 is 0. The maximum Gasteiger partial charge on any atom is 0.0860 e. The molecule has 1 unspecified atom stereocenters. The second-order valence-electron chi connectivity index (χ2n) is 7.01. The minimum Gasteiger partial charge on any atom is -0.388 e. The third-order valence-corrected chi connectivity index (χ3v) is 3.78. The number of hydrogen-bond donors (Lipinski definition) is 1. The standard InChI is InChI=1S/C18H26N2O/c1-13(2)20-12-15(11-19-20)17(21)10-14-6-8-16(9-7-14)18(3,4)5/h6-9,11-13,17,21H,10H2,1-5H3. The van der Waals surface area contributed by atoms with Crippen LogP contribution in [0.1, 0.15) is 63.5 Å². The first-order valence-corrected chi connectivity index (χ1v) is 7.59. The molecule has 1 N–H and O–H groups in total. The van der Waals surface area contributed by atoms with Gasteiger partial charge in [0.15, 0.2) is 0 Å². The molecule has 114 valence electrons.